The highest BCUT2D eigenvalue weighted by atomic mass is 16.5. The lowest BCUT2D eigenvalue weighted by Crippen LogP contribution is -2.00. The van der Waals surface area contributed by atoms with Crippen LogP contribution in [-0.2, 0) is 6.54 Å². The SMILES string of the molecule is COc1ccc(CNc2n[nH]c3ncc(OC)cc23)cc1. The molecule has 2 N–H and O–H groups in total. The van der Waals surface area contributed by atoms with Crippen molar-refractivity contribution in [2.45, 2.75) is 6.54 Å². The number of hydrogen-bond donors (Lipinski definition) is 2. The minimum atomic E-state index is 0.668. The standard InChI is InChI=1S/C15H16N4O2/c1-20-11-5-3-10(4-6-11)8-16-14-13-7-12(21-2)9-17-15(13)19-18-14/h3-7,9H,8H2,1-2H3,(H2,16,17,18,19). The monoisotopic (exact) mass is 284 g/mol. The van der Waals surface area contributed by atoms with Crippen LogP contribution in [0.5, 0.6) is 11.5 Å². The van der Waals surface area contributed by atoms with Crippen molar-refractivity contribution in [2.75, 3.05) is 19.5 Å². The van der Waals surface area contributed by atoms with Gasteiger partial charge in [0, 0.05) is 6.54 Å². The number of pyridine rings is 1. The number of aromatic amines is 1. The number of nitrogens with zero attached hydrogens (tertiary/aromatic N) is 2. The van der Waals surface area contributed by atoms with Crippen molar-refractivity contribution in [1.82, 2.24) is 15.2 Å². The van der Waals surface area contributed by atoms with E-state index in [9.17, 15) is 0 Å². The Labute approximate surface area is 122 Å². The Balaban J connectivity index is 1.77. The Bertz CT molecular complexity index is 737. The zero-order valence-corrected chi connectivity index (χ0v) is 11.9. The molecule has 0 saturated heterocycles. The second-order valence-electron chi connectivity index (χ2n) is 4.55. The van der Waals surface area contributed by atoms with Gasteiger partial charge in [-0.2, -0.15) is 5.10 Å². The normalized spacial score (nSPS) is 10.6. The summed E-state index contributed by atoms with van der Waals surface area (Å²) in [6, 6.07) is 9.80. The number of fused-ring (bicyclic) bond motifs is 1. The van der Waals surface area contributed by atoms with Gasteiger partial charge in [-0.1, -0.05) is 12.1 Å². The Hall–Kier alpha value is -2.76. The number of benzene rings is 1. The third-order valence-electron chi connectivity index (χ3n) is 3.25. The van der Waals surface area contributed by atoms with Gasteiger partial charge < -0.3 is 14.8 Å². The van der Waals surface area contributed by atoms with E-state index in [1.54, 1.807) is 20.4 Å². The molecule has 0 aliphatic heterocycles. The summed E-state index contributed by atoms with van der Waals surface area (Å²) >= 11 is 0. The fraction of sp³-hybridized carbons (Fsp3) is 0.200. The van der Waals surface area contributed by atoms with Gasteiger partial charge in [0.15, 0.2) is 11.5 Å². The quantitative estimate of drug-likeness (QED) is 0.753. The average Bonchev–Trinajstić information content (AvgIpc) is 2.95. The molecule has 21 heavy (non-hydrogen) atoms. The molecule has 6 nitrogen and oxygen atoms in total. The molecule has 0 fully saturated rings. The van der Waals surface area contributed by atoms with Crippen LogP contribution in [-0.4, -0.2) is 29.4 Å². The van der Waals surface area contributed by atoms with Gasteiger partial charge in [0.05, 0.1) is 25.8 Å². The highest BCUT2D eigenvalue weighted by Crippen LogP contribution is 2.23. The molecule has 3 aromatic rings. The predicted octanol–water partition coefficient (Wildman–Crippen LogP) is 2.59. The third kappa shape index (κ3) is 2.74. The van der Waals surface area contributed by atoms with Crippen molar-refractivity contribution in [2.24, 2.45) is 0 Å². The number of ether oxygens (including phenoxy) is 2. The van der Waals surface area contributed by atoms with Crippen molar-refractivity contribution in [3.05, 3.63) is 42.1 Å². The molecule has 0 aliphatic rings. The van der Waals surface area contributed by atoms with E-state index in [1.165, 1.54) is 0 Å². The molecule has 0 saturated carbocycles. The number of H-pyrrole nitrogens is 1. The van der Waals surface area contributed by atoms with E-state index in [2.05, 4.69) is 20.5 Å². The van der Waals surface area contributed by atoms with Gasteiger partial charge in [-0.3, -0.25) is 5.10 Å². The summed E-state index contributed by atoms with van der Waals surface area (Å²) in [5.41, 5.74) is 1.87. The number of anilines is 1. The molecule has 108 valence electrons. The van der Waals surface area contributed by atoms with Gasteiger partial charge in [-0.15, -0.1) is 0 Å². The fourth-order valence-corrected chi connectivity index (χ4v) is 2.06. The van der Waals surface area contributed by atoms with E-state index in [1.807, 2.05) is 30.3 Å². The highest BCUT2D eigenvalue weighted by Gasteiger charge is 2.07. The number of methoxy groups -OCH3 is 2. The number of hydrogen-bond acceptors (Lipinski definition) is 5. The lowest BCUT2D eigenvalue weighted by Gasteiger charge is -2.05. The van der Waals surface area contributed by atoms with E-state index in [4.69, 9.17) is 9.47 Å². The van der Waals surface area contributed by atoms with Crippen LogP contribution in [0.3, 0.4) is 0 Å². The molecule has 6 heteroatoms. The van der Waals surface area contributed by atoms with E-state index in [0.717, 1.165) is 28.2 Å². The second kappa shape index (κ2) is 5.70. The van der Waals surface area contributed by atoms with Gasteiger partial charge in [0.1, 0.15) is 11.5 Å². The van der Waals surface area contributed by atoms with Crippen molar-refractivity contribution in [3.8, 4) is 11.5 Å². The topological polar surface area (TPSA) is 72.1 Å². The molecular formula is C15H16N4O2. The summed E-state index contributed by atoms with van der Waals surface area (Å²) in [6.45, 7) is 0.668. The van der Waals surface area contributed by atoms with E-state index in [-0.39, 0.29) is 0 Å². The first-order valence-corrected chi connectivity index (χ1v) is 6.55. The summed E-state index contributed by atoms with van der Waals surface area (Å²) in [5, 5.41) is 11.3. The lowest BCUT2D eigenvalue weighted by atomic mass is 10.2. The van der Waals surface area contributed by atoms with Gasteiger partial charge in [0.2, 0.25) is 0 Å². The molecule has 3 rings (SSSR count). The van der Waals surface area contributed by atoms with Crippen LogP contribution in [0.25, 0.3) is 11.0 Å². The van der Waals surface area contributed by atoms with Crippen molar-refractivity contribution < 1.29 is 9.47 Å². The van der Waals surface area contributed by atoms with E-state index < -0.39 is 0 Å². The average molecular weight is 284 g/mol. The molecule has 0 bridgehead atoms. The van der Waals surface area contributed by atoms with Crippen LogP contribution < -0.4 is 14.8 Å². The summed E-state index contributed by atoms with van der Waals surface area (Å²) < 4.78 is 10.3. The smallest absolute Gasteiger partial charge is 0.157 e. The molecule has 0 spiro atoms. The first-order chi connectivity index (χ1) is 10.3. The predicted molar refractivity (Wildman–Crippen MR) is 80.8 cm³/mol. The molecule has 1 aromatic carbocycles. The van der Waals surface area contributed by atoms with Gasteiger partial charge >= 0.3 is 0 Å². The summed E-state index contributed by atoms with van der Waals surface area (Å²) in [4.78, 5) is 4.25. The maximum atomic E-state index is 5.19. The molecule has 0 amide bonds. The first kappa shape index (κ1) is 13.2. The lowest BCUT2D eigenvalue weighted by molar-refractivity contribution is 0.413. The van der Waals surface area contributed by atoms with Gasteiger partial charge in [-0.05, 0) is 23.8 Å². The zero-order valence-electron chi connectivity index (χ0n) is 11.9. The molecule has 0 radical (unpaired) electrons. The number of nitrogens with one attached hydrogen (secondary N) is 2. The summed E-state index contributed by atoms with van der Waals surface area (Å²) in [5.74, 6) is 2.31. The Morgan fingerprint density at radius 3 is 2.57 bits per heavy atom. The van der Waals surface area contributed by atoms with Crippen LogP contribution in [0.1, 0.15) is 5.56 Å². The van der Waals surface area contributed by atoms with Gasteiger partial charge in [-0.25, -0.2) is 4.98 Å². The van der Waals surface area contributed by atoms with Crippen molar-refractivity contribution in [3.63, 3.8) is 0 Å². The largest absolute Gasteiger partial charge is 0.497 e. The molecular weight excluding hydrogens is 268 g/mol. The van der Waals surface area contributed by atoms with Crippen molar-refractivity contribution in [1.29, 1.82) is 0 Å². The van der Waals surface area contributed by atoms with Crippen LogP contribution in [0.15, 0.2) is 36.5 Å². The van der Waals surface area contributed by atoms with Crippen LogP contribution in [0, 0.1) is 0 Å². The molecule has 2 heterocycles. The Morgan fingerprint density at radius 2 is 1.86 bits per heavy atom. The van der Waals surface area contributed by atoms with Gasteiger partial charge in [0.25, 0.3) is 0 Å². The third-order valence-corrected chi connectivity index (χ3v) is 3.25. The van der Waals surface area contributed by atoms with Crippen molar-refractivity contribution >= 4 is 16.9 Å². The minimum absolute atomic E-state index is 0.668. The summed E-state index contributed by atoms with van der Waals surface area (Å²) in [7, 11) is 3.27. The van der Waals surface area contributed by atoms with Crippen LogP contribution >= 0.6 is 0 Å². The van der Waals surface area contributed by atoms with Crippen LogP contribution in [0.4, 0.5) is 5.82 Å². The number of aromatic nitrogens is 3. The zero-order chi connectivity index (χ0) is 14.7. The second-order valence-corrected chi connectivity index (χ2v) is 4.55. The highest BCUT2D eigenvalue weighted by molar-refractivity contribution is 5.87. The first-order valence-electron chi connectivity index (χ1n) is 6.55. The minimum Gasteiger partial charge on any atom is -0.497 e. The number of rotatable bonds is 5. The maximum absolute atomic E-state index is 5.19. The maximum Gasteiger partial charge on any atom is 0.157 e. The molecule has 0 atom stereocenters. The molecule has 2 aromatic heterocycles. The fourth-order valence-electron chi connectivity index (χ4n) is 2.06. The summed E-state index contributed by atoms with van der Waals surface area (Å²) in [6.07, 6.45) is 1.66. The van der Waals surface area contributed by atoms with Crippen LogP contribution in [0.2, 0.25) is 0 Å². The Morgan fingerprint density at radius 1 is 1.10 bits per heavy atom. The van der Waals surface area contributed by atoms with E-state index in [0.29, 0.717) is 12.3 Å². The van der Waals surface area contributed by atoms with E-state index >= 15 is 0 Å². The Kier molecular flexibility index (Phi) is 3.59. The molecule has 0 unspecified atom stereocenters. The molecule has 0 aliphatic carbocycles.